The van der Waals surface area contributed by atoms with E-state index in [1.54, 1.807) is 12.1 Å². The monoisotopic (exact) mass is 302 g/mol. The zero-order chi connectivity index (χ0) is 14.8. The number of benzene rings is 2. The number of nitrogens with one attached hydrogen (secondary N) is 1. The molecule has 0 bridgehead atoms. The predicted molar refractivity (Wildman–Crippen MR) is 83.9 cm³/mol. The normalized spacial score (nSPS) is 14.0. The molecule has 1 N–H and O–H groups in total. The van der Waals surface area contributed by atoms with Crippen molar-refractivity contribution in [2.24, 2.45) is 0 Å². The van der Waals surface area contributed by atoms with Gasteiger partial charge >= 0.3 is 0 Å². The largest absolute Gasteiger partial charge is 0.375 e. The highest BCUT2D eigenvalue weighted by atomic mass is 35.5. The lowest BCUT2D eigenvalue weighted by Gasteiger charge is -2.09. The maximum absolute atomic E-state index is 11.0. The van der Waals surface area contributed by atoms with Crippen LogP contribution in [0, 0.1) is 10.1 Å². The van der Waals surface area contributed by atoms with Crippen molar-refractivity contribution in [1.82, 2.24) is 0 Å². The lowest BCUT2D eigenvalue weighted by molar-refractivity contribution is -0.383. The minimum atomic E-state index is -0.422. The molecule has 0 aromatic heterocycles. The van der Waals surface area contributed by atoms with E-state index in [9.17, 15) is 10.1 Å². The summed E-state index contributed by atoms with van der Waals surface area (Å²) >= 11 is 5.81. The van der Waals surface area contributed by atoms with Crippen LogP contribution in [0.2, 0.25) is 5.02 Å². The lowest BCUT2D eigenvalue weighted by atomic mass is 10.1. The van der Waals surface area contributed by atoms with E-state index in [0.29, 0.717) is 23.2 Å². The second-order valence-electron chi connectivity index (χ2n) is 5.29. The molecule has 21 heavy (non-hydrogen) atoms. The fraction of sp³-hybridized carbons (Fsp3) is 0.250. The third-order valence-corrected chi connectivity index (χ3v) is 3.87. The molecule has 0 saturated heterocycles. The molecule has 0 aliphatic heterocycles. The Labute approximate surface area is 127 Å². The summed E-state index contributed by atoms with van der Waals surface area (Å²) < 4.78 is 0. The number of anilines is 1. The number of hydrogen-bond donors (Lipinski definition) is 1. The van der Waals surface area contributed by atoms with E-state index in [1.807, 2.05) is 12.1 Å². The summed E-state index contributed by atoms with van der Waals surface area (Å²) in [4.78, 5) is 10.6. The van der Waals surface area contributed by atoms with Crippen LogP contribution in [0.25, 0.3) is 0 Å². The van der Waals surface area contributed by atoms with Gasteiger partial charge in [-0.1, -0.05) is 35.9 Å². The van der Waals surface area contributed by atoms with Crippen molar-refractivity contribution in [2.45, 2.75) is 25.3 Å². The van der Waals surface area contributed by atoms with Gasteiger partial charge in [-0.05, 0) is 42.0 Å². The zero-order valence-corrected chi connectivity index (χ0v) is 12.1. The number of halogens is 1. The van der Waals surface area contributed by atoms with Gasteiger partial charge in [-0.3, -0.25) is 10.1 Å². The van der Waals surface area contributed by atoms with E-state index < -0.39 is 4.92 Å². The molecule has 5 heteroatoms. The van der Waals surface area contributed by atoms with Crippen LogP contribution < -0.4 is 5.32 Å². The average Bonchev–Trinajstić information content (AvgIpc) is 3.31. The van der Waals surface area contributed by atoms with Gasteiger partial charge in [0, 0.05) is 17.6 Å². The van der Waals surface area contributed by atoms with Crippen molar-refractivity contribution in [3.05, 3.63) is 68.7 Å². The number of nitrogens with zero attached hydrogens (tertiary/aromatic N) is 1. The first kappa shape index (κ1) is 13.9. The Bertz CT molecular complexity index is 684. The van der Waals surface area contributed by atoms with E-state index in [4.69, 9.17) is 11.6 Å². The Balaban J connectivity index is 1.75. The van der Waals surface area contributed by atoms with Crippen LogP contribution in [0.15, 0.2) is 42.5 Å². The molecular formula is C16H15ClN2O2. The smallest absolute Gasteiger partial charge is 0.293 e. The van der Waals surface area contributed by atoms with Crippen molar-refractivity contribution in [2.75, 3.05) is 5.32 Å². The first-order chi connectivity index (χ1) is 10.1. The molecule has 0 radical (unpaired) electrons. The third kappa shape index (κ3) is 3.34. The lowest BCUT2D eigenvalue weighted by Crippen LogP contribution is -2.03. The summed E-state index contributed by atoms with van der Waals surface area (Å²) in [5, 5.41) is 14.5. The summed E-state index contributed by atoms with van der Waals surface area (Å²) in [6.45, 7) is 0.559. The van der Waals surface area contributed by atoms with Crippen LogP contribution in [0.1, 0.15) is 29.9 Å². The van der Waals surface area contributed by atoms with Crippen LogP contribution >= 0.6 is 11.6 Å². The summed E-state index contributed by atoms with van der Waals surface area (Å²) in [6, 6.07) is 13.0. The molecule has 0 heterocycles. The maximum Gasteiger partial charge on any atom is 0.293 e. The van der Waals surface area contributed by atoms with Gasteiger partial charge < -0.3 is 5.32 Å². The highest BCUT2D eigenvalue weighted by Gasteiger charge is 2.23. The third-order valence-electron chi connectivity index (χ3n) is 3.64. The van der Waals surface area contributed by atoms with Crippen molar-refractivity contribution < 1.29 is 4.92 Å². The van der Waals surface area contributed by atoms with Crippen molar-refractivity contribution in [3.63, 3.8) is 0 Å². The second-order valence-corrected chi connectivity index (χ2v) is 5.73. The van der Waals surface area contributed by atoms with Gasteiger partial charge in [-0.25, -0.2) is 0 Å². The Morgan fingerprint density at radius 1 is 1.24 bits per heavy atom. The molecule has 1 fully saturated rings. The number of nitro groups is 1. The van der Waals surface area contributed by atoms with Crippen LogP contribution in [-0.4, -0.2) is 4.92 Å². The van der Waals surface area contributed by atoms with Gasteiger partial charge in [0.05, 0.1) is 4.92 Å². The molecule has 108 valence electrons. The van der Waals surface area contributed by atoms with Crippen molar-refractivity contribution in [3.8, 4) is 0 Å². The Kier molecular flexibility index (Phi) is 3.80. The van der Waals surface area contributed by atoms with Gasteiger partial charge in [-0.15, -0.1) is 0 Å². The average molecular weight is 303 g/mol. The summed E-state index contributed by atoms with van der Waals surface area (Å²) in [5.74, 6) is 0.704. The molecule has 0 atom stereocenters. The van der Waals surface area contributed by atoms with Gasteiger partial charge in [0.15, 0.2) is 0 Å². The first-order valence-electron chi connectivity index (χ1n) is 6.90. The molecule has 4 nitrogen and oxygen atoms in total. The highest BCUT2D eigenvalue weighted by Crippen LogP contribution is 2.40. The quantitative estimate of drug-likeness (QED) is 0.641. The topological polar surface area (TPSA) is 55.2 Å². The second kappa shape index (κ2) is 5.74. The fourth-order valence-electron chi connectivity index (χ4n) is 2.38. The van der Waals surface area contributed by atoms with Crippen LogP contribution in [0.5, 0.6) is 0 Å². The summed E-state index contributed by atoms with van der Waals surface area (Å²) in [6.07, 6.45) is 2.53. The van der Waals surface area contributed by atoms with Gasteiger partial charge in [0.25, 0.3) is 5.69 Å². The molecule has 0 spiro atoms. The molecular weight excluding hydrogens is 288 g/mol. The van der Waals surface area contributed by atoms with E-state index in [0.717, 1.165) is 5.56 Å². The molecule has 1 aliphatic rings. The first-order valence-corrected chi connectivity index (χ1v) is 7.28. The molecule has 0 amide bonds. The Hall–Kier alpha value is -2.07. The van der Waals surface area contributed by atoms with Gasteiger partial charge in [-0.2, -0.15) is 0 Å². The standard InChI is InChI=1S/C16H15ClN2O2/c17-14-6-7-15(16(9-14)19(20)21)18-10-11-2-1-3-13(8-11)12-4-5-12/h1-3,6-9,12,18H,4-5,10H2. The molecule has 3 rings (SSSR count). The van der Waals surface area contributed by atoms with Gasteiger partial charge in [0.1, 0.15) is 5.69 Å². The predicted octanol–water partition coefficient (Wildman–Crippen LogP) is 4.74. The number of rotatable bonds is 5. The SMILES string of the molecule is O=[N+]([O-])c1cc(Cl)ccc1NCc1cccc(C2CC2)c1. The van der Waals surface area contributed by atoms with Crippen molar-refractivity contribution in [1.29, 1.82) is 0 Å². The maximum atomic E-state index is 11.0. The molecule has 2 aromatic rings. The number of nitro benzene ring substituents is 1. The summed E-state index contributed by atoms with van der Waals surface area (Å²) in [5.41, 5.74) is 2.98. The molecule has 2 aromatic carbocycles. The molecule has 1 saturated carbocycles. The summed E-state index contributed by atoms with van der Waals surface area (Å²) in [7, 11) is 0. The Morgan fingerprint density at radius 2 is 2.05 bits per heavy atom. The highest BCUT2D eigenvalue weighted by molar-refractivity contribution is 6.30. The van der Waals surface area contributed by atoms with Gasteiger partial charge in [0.2, 0.25) is 0 Å². The molecule has 1 aliphatic carbocycles. The van der Waals surface area contributed by atoms with Crippen LogP contribution in [-0.2, 0) is 6.54 Å². The van der Waals surface area contributed by atoms with E-state index in [-0.39, 0.29) is 5.69 Å². The van der Waals surface area contributed by atoms with E-state index in [1.165, 1.54) is 24.5 Å². The Morgan fingerprint density at radius 3 is 2.76 bits per heavy atom. The minimum Gasteiger partial charge on any atom is -0.375 e. The zero-order valence-electron chi connectivity index (χ0n) is 11.4. The van der Waals surface area contributed by atoms with E-state index >= 15 is 0 Å². The van der Waals surface area contributed by atoms with Crippen molar-refractivity contribution >= 4 is 23.0 Å². The number of hydrogen-bond acceptors (Lipinski definition) is 3. The van der Waals surface area contributed by atoms with Crippen LogP contribution in [0.3, 0.4) is 0 Å². The van der Waals surface area contributed by atoms with Crippen LogP contribution in [0.4, 0.5) is 11.4 Å². The fourth-order valence-corrected chi connectivity index (χ4v) is 2.54. The minimum absolute atomic E-state index is 0.000785. The molecule has 0 unspecified atom stereocenters. The van der Waals surface area contributed by atoms with E-state index in [2.05, 4.69) is 17.4 Å².